The fraction of sp³-hybridized carbons (Fsp3) is 0.839. The van der Waals surface area contributed by atoms with E-state index in [0.29, 0.717) is 43.4 Å². The van der Waals surface area contributed by atoms with Gasteiger partial charge in [0.25, 0.3) is 0 Å². The quantitative estimate of drug-likeness (QED) is 0.0506. The summed E-state index contributed by atoms with van der Waals surface area (Å²) >= 11 is 0. The van der Waals surface area contributed by atoms with Gasteiger partial charge in [0.2, 0.25) is 0 Å². The van der Waals surface area contributed by atoms with E-state index in [0.717, 1.165) is 32.2 Å². The molecular weight excluding hydrogens is 482 g/mol. The maximum absolute atomic E-state index is 11.0. The number of hydrogen-bond acceptors (Lipinski definition) is 3. The molecule has 0 amide bonds. The lowest BCUT2D eigenvalue weighted by Gasteiger charge is -2.39. The summed E-state index contributed by atoms with van der Waals surface area (Å²) in [7, 11) is 0. The van der Waals surface area contributed by atoms with Crippen LogP contribution in [0.5, 0.6) is 0 Å². The molecule has 0 aromatic rings. The highest BCUT2D eigenvalue weighted by Gasteiger charge is 2.27. The van der Waals surface area contributed by atoms with Gasteiger partial charge in [0.1, 0.15) is 0 Å². The highest BCUT2D eigenvalue weighted by molar-refractivity contribution is 5.67. The van der Waals surface area contributed by atoms with Crippen LogP contribution in [0.15, 0.2) is 12.2 Å². The zero-order valence-corrected chi connectivity index (χ0v) is 24.3. The Balaban J connectivity index is 4.29. The van der Waals surface area contributed by atoms with Crippen molar-refractivity contribution in [3.63, 3.8) is 0 Å². The molecule has 0 atom stereocenters. The van der Waals surface area contributed by atoms with Crippen LogP contribution in [0, 0.1) is 0 Å². The summed E-state index contributed by atoms with van der Waals surface area (Å²) in [6.07, 6.45) is 25.5. The van der Waals surface area contributed by atoms with Gasteiger partial charge in [0, 0.05) is 19.3 Å². The SMILES string of the molecule is CCCCCCCCCCCCC/C=C/CCCC[N+](CCCC(=O)O)(CCCC(=O)O)CCCC(=O)O. The van der Waals surface area contributed by atoms with Gasteiger partial charge in [-0.1, -0.05) is 83.3 Å². The fourth-order valence-electron chi connectivity index (χ4n) is 5.24. The average molecular weight is 541 g/mol. The van der Waals surface area contributed by atoms with E-state index in [1.165, 1.54) is 70.6 Å². The molecule has 7 heteroatoms. The molecule has 0 aliphatic heterocycles. The van der Waals surface area contributed by atoms with Crippen LogP contribution in [0.2, 0.25) is 0 Å². The Morgan fingerprint density at radius 2 is 0.789 bits per heavy atom. The van der Waals surface area contributed by atoms with Crippen LogP contribution in [0.4, 0.5) is 0 Å². The number of allylic oxidation sites excluding steroid dienone is 2. The van der Waals surface area contributed by atoms with Crippen molar-refractivity contribution in [2.75, 3.05) is 26.2 Å². The van der Waals surface area contributed by atoms with Crippen LogP contribution in [0.25, 0.3) is 0 Å². The molecule has 0 aromatic heterocycles. The van der Waals surface area contributed by atoms with E-state index < -0.39 is 17.9 Å². The standard InChI is InChI=1S/C31H57NO6/c1-2-3-4-5-6-7-8-9-10-11-12-13-14-15-16-17-18-25-32(26-19-22-29(33)34,27-20-23-30(35)36)28-21-24-31(37)38/h14-15H,2-13,16-28H2,1H3,(H2-,33,34,35,36,37,38)/p+1/b15-14+. The molecular formula is C31H58NO6+. The molecule has 7 nitrogen and oxygen atoms in total. The molecule has 38 heavy (non-hydrogen) atoms. The lowest BCUT2D eigenvalue weighted by atomic mass is 10.1. The number of carboxylic acid groups (broad SMARTS) is 3. The zero-order valence-electron chi connectivity index (χ0n) is 24.3. The van der Waals surface area contributed by atoms with E-state index in [2.05, 4.69) is 19.1 Å². The normalized spacial score (nSPS) is 11.8. The largest absolute Gasteiger partial charge is 0.481 e. The summed E-state index contributed by atoms with van der Waals surface area (Å²) in [5.74, 6) is -2.49. The Hall–Kier alpha value is -1.89. The average Bonchev–Trinajstić information content (AvgIpc) is 2.85. The van der Waals surface area contributed by atoms with Crippen LogP contribution in [-0.4, -0.2) is 63.9 Å². The Morgan fingerprint density at radius 1 is 0.474 bits per heavy atom. The zero-order chi connectivity index (χ0) is 28.3. The number of hydrogen-bond donors (Lipinski definition) is 3. The molecule has 0 bridgehead atoms. The Kier molecular flexibility index (Phi) is 24.1. The third-order valence-electron chi connectivity index (χ3n) is 7.46. The Bertz CT molecular complexity index is 584. The molecule has 0 fully saturated rings. The van der Waals surface area contributed by atoms with E-state index in [4.69, 9.17) is 15.3 Å². The predicted molar refractivity (Wildman–Crippen MR) is 154 cm³/mol. The second kappa shape index (κ2) is 25.4. The lowest BCUT2D eigenvalue weighted by molar-refractivity contribution is -0.929. The Morgan fingerprint density at radius 3 is 1.16 bits per heavy atom. The van der Waals surface area contributed by atoms with Crippen molar-refractivity contribution in [1.29, 1.82) is 0 Å². The molecule has 0 radical (unpaired) electrons. The molecule has 0 saturated heterocycles. The second-order valence-corrected chi connectivity index (χ2v) is 11.0. The number of carboxylic acids is 3. The summed E-state index contributed by atoms with van der Waals surface area (Å²) in [5.41, 5.74) is 0. The van der Waals surface area contributed by atoms with Crippen molar-refractivity contribution < 1.29 is 34.2 Å². The summed E-state index contributed by atoms with van der Waals surface area (Å²) in [6, 6.07) is 0. The highest BCUT2D eigenvalue weighted by atomic mass is 16.4. The molecule has 0 spiro atoms. The maximum atomic E-state index is 11.0. The summed E-state index contributed by atoms with van der Waals surface area (Å²) in [6.45, 7) is 5.06. The van der Waals surface area contributed by atoms with Gasteiger partial charge >= 0.3 is 17.9 Å². The highest BCUT2D eigenvalue weighted by Crippen LogP contribution is 2.18. The first-order chi connectivity index (χ1) is 18.3. The molecule has 0 saturated carbocycles. The molecule has 0 aromatic carbocycles. The minimum atomic E-state index is -0.831. The topological polar surface area (TPSA) is 112 Å². The Labute approximate surface area is 232 Å². The van der Waals surface area contributed by atoms with Crippen molar-refractivity contribution in [2.45, 2.75) is 142 Å². The van der Waals surface area contributed by atoms with Crippen LogP contribution in [-0.2, 0) is 14.4 Å². The van der Waals surface area contributed by atoms with E-state index >= 15 is 0 Å². The minimum absolute atomic E-state index is 0.0830. The molecule has 0 rings (SSSR count). The van der Waals surface area contributed by atoms with Gasteiger partial charge in [-0.3, -0.25) is 14.4 Å². The monoisotopic (exact) mass is 540 g/mol. The first-order valence-electron chi connectivity index (χ1n) is 15.5. The molecule has 3 N–H and O–H groups in total. The van der Waals surface area contributed by atoms with E-state index in [1.807, 2.05) is 0 Å². The molecule has 0 aliphatic rings. The van der Waals surface area contributed by atoms with Gasteiger partial charge < -0.3 is 19.8 Å². The minimum Gasteiger partial charge on any atom is -0.481 e. The van der Waals surface area contributed by atoms with Crippen molar-refractivity contribution in [3.05, 3.63) is 12.2 Å². The van der Waals surface area contributed by atoms with E-state index in [-0.39, 0.29) is 19.3 Å². The number of rotatable bonds is 29. The third-order valence-corrected chi connectivity index (χ3v) is 7.46. The van der Waals surface area contributed by atoms with Gasteiger partial charge in [-0.25, -0.2) is 0 Å². The number of nitrogens with zero attached hydrogens (tertiary/aromatic N) is 1. The van der Waals surface area contributed by atoms with Crippen LogP contribution >= 0.6 is 0 Å². The molecule has 222 valence electrons. The van der Waals surface area contributed by atoms with E-state index in [9.17, 15) is 14.4 Å². The van der Waals surface area contributed by atoms with Gasteiger partial charge in [0.15, 0.2) is 0 Å². The van der Waals surface area contributed by atoms with Crippen LogP contribution in [0.3, 0.4) is 0 Å². The van der Waals surface area contributed by atoms with Gasteiger partial charge in [-0.05, 0) is 32.1 Å². The molecule has 0 aliphatic carbocycles. The number of unbranched alkanes of at least 4 members (excludes halogenated alkanes) is 13. The molecule has 0 heterocycles. The number of carbonyl (C=O) groups is 3. The van der Waals surface area contributed by atoms with Crippen molar-refractivity contribution in [1.82, 2.24) is 0 Å². The fourth-order valence-corrected chi connectivity index (χ4v) is 5.24. The van der Waals surface area contributed by atoms with Crippen molar-refractivity contribution in [2.24, 2.45) is 0 Å². The van der Waals surface area contributed by atoms with Crippen LogP contribution in [0.1, 0.15) is 142 Å². The van der Waals surface area contributed by atoms with Crippen LogP contribution < -0.4 is 0 Å². The third kappa shape index (κ3) is 24.4. The first kappa shape index (κ1) is 36.1. The predicted octanol–water partition coefficient (Wildman–Crippen LogP) is 7.83. The maximum Gasteiger partial charge on any atom is 0.303 e. The summed E-state index contributed by atoms with van der Waals surface area (Å²) in [5, 5.41) is 27.2. The lowest BCUT2D eigenvalue weighted by Crippen LogP contribution is -2.51. The van der Waals surface area contributed by atoms with Crippen molar-refractivity contribution in [3.8, 4) is 0 Å². The smallest absolute Gasteiger partial charge is 0.303 e. The van der Waals surface area contributed by atoms with Gasteiger partial charge in [0.05, 0.1) is 45.4 Å². The van der Waals surface area contributed by atoms with E-state index in [1.54, 1.807) is 0 Å². The number of aliphatic carboxylic acids is 3. The second-order valence-electron chi connectivity index (χ2n) is 11.0. The molecule has 0 unspecified atom stereocenters. The summed E-state index contributed by atoms with van der Waals surface area (Å²) in [4.78, 5) is 33.1. The summed E-state index contributed by atoms with van der Waals surface area (Å²) < 4.78 is 0.621. The van der Waals surface area contributed by atoms with Gasteiger partial charge in [-0.2, -0.15) is 0 Å². The van der Waals surface area contributed by atoms with Crippen molar-refractivity contribution >= 4 is 17.9 Å². The van der Waals surface area contributed by atoms with Gasteiger partial charge in [-0.15, -0.1) is 0 Å². The number of quaternary nitrogens is 1. The first-order valence-corrected chi connectivity index (χ1v) is 15.5.